The van der Waals surface area contributed by atoms with Crippen molar-refractivity contribution in [3.8, 4) is 0 Å². The Balaban J connectivity index is 1.46. The first-order valence-electron chi connectivity index (χ1n) is 7.48. The molecule has 0 aromatic carbocycles. The van der Waals surface area contributed by atoms with Crippen LogP contribution in [0.5, 0.6) is 0 Å². The highest BCUT2D eigenvalue weighted by molar-refractivity contribution is 7.12. The van der Waals surface area contributed by atoms with Crippen LogP contribution in [0.1, 0.15) is 47.5 Å². The topological polar surface area (TPSA) is 12.0 Å². The lowest BCUT2D eigenvalue weighted by Crippen LogP contribution is -2.26. The van der Waals surface area contributed by atoms with Gasteiger partial charge in [0, 0.05) is 21.8 Å². The summed E-state index contributed by atoms with van der Waals surface area (Å²) < 4.78 is 0. The molecular weight excluding hydrogens is 238 g/mol. The molecule has 0 radical (unpaired) electrons. The van der Waals surface area contributed by atoms with Gasteiger partial charge in [0.1, 0.15) is 0 Å². The van der Waals surface area contributed by atoms with Crippen LogP contribution in [0, 0.1) is 37.5 Å². The van der Waals surface area contributed by atoms with Crippen molar-refractivity contribution in [2.75, 3.05) is 0 Å². The quantitative estimate of drug-likeness (QED) is 0.865. The molecule has 3 fully saturated rings. The summed E-state index contributed by atoms with van der Waals surface area (Å²) in [5, 5.41) is 3.93. The molecule has 1 aromatic heterocycles. The number of thiophene rings is 1. The van der Waals surface area contributed by atoms with Crippen molar-refractivity contribution in [3.63, 3.8) is 0 Å². The Kier molecular flexibility index (Phi) is 2.44. The minimum Gasteiger partial charge on any atom is -0.307 e. The lowest BCUT2D eigenvalue weighted by atomic mass is 10.0. The zero-order chi connectivity index (χ0) is 12.4. The number of rotatable bonds is 3. The summed E-state index contributed by atoms with van der Waals surface area (Å²) in [7, 11) is 0. The van der Waals surface area contributed by atoms with E-state index in [9.17, 15) is 0 Å². The van der Waals surface area contributed by atoms with Crippen LogP contribution in [0.3, 0.4) is 0 Å². The van der Waals surface area contributed by atoms with Crippen LogP contribution >= 0.6 is 11.3 Å². The van der Waals surface area contributed by atoms with Gasteiger partial charge in [-0.2, -0.15) is 0 Å². The summed E-state index contributed by atoms with van der Waals surface area (Å²) in [6.45, 7) is 6.84. The maximum atomic E-state index is 3.93. The summed E-state index contributed by atoms with van der Waals surface area (Å²) in [5.41, 5.74) is 1.54. The Morgan fingerprint density at radius 3 is 2.44 bits per heavy atom. The van der Waals surface area contributed by atoms with Gasteiger partial charge in [-0.1, -0.05) is 0 Å². The molecule has 0 amide bonds. The van der Waals surface area contributed by atoms with E-state index in [1.54, 1.807) is 6.42 Å². The summed E-state index contributed by atoms with van der Waals surface area (Å²) in [4.78, 5) is 2.95. The molecule has 3 aliphatic rings. The third-order valence-electron chi connectivity index (χ3n) is 5.72. The fourth-order valence-electron chi connectivity index (χ4n) is 5.01. The second-order valence-corrected chi connectivity index (χ2v) is 8.23. The molecule has 4 rings (SSSR count). The van der Waals surface area contributed by atoms with Crippen LogP contribution in [0.2, 0.25) is 0 Å². The lowest BCUT2D eigenvalue weighted by Gasteiger charge is -2.17. The van der Waals surface area contributed by atoms with Crippen LogP contribution in [0.25, 0.3) is 0 Å². The highest BCUT2D eigenvalue weighted by Crippen LogP contribution is 2.65. The largest absolute Gasteiger partial charge is 0.307 e. The molecular formula is C16H23NS. The van der Waals surface area contributed by atoms with Crippen LogP contribution < -0.4 is 5.32 Å². The van der Waals surface area contributed by atoms with E-state index >= 15 is 0 Å². The number of nitrogens with one attached hydrogen (secondary N) is 1. The summed E-state index contributed by atoms with van der Waals surface area (Å²) in [6.07, 6.45) is 4.60. The van der Waals surface area contributed by atoms with Crippen molar-refractivity contribution in [1.29, 1.82) is 0 Å². The van der Waals surface area contributed by atoms with Gasteiger partial charge in [-0.3, -0.25) is 0 Å². The molecule has 18 heavy (non-hydrogen) atoms. The SMILES string of the molecule is Cc1cc(C(C)NC2C3C4CCC(C4)C23)c(C)s1. The minimum absolute atomic E-state index is 0.546. The second kappa shape index (κ2) is 3.83. The van der Waals surface area contributed by atoms with Crippen molar-refractivity contribution in [1.82, 2.24) is 5.32 Å². The van der Waals surface area contributed by atoms with Crippen LogP contribution in [0.15, 0.2) is 6.07 Å². The second-order valence-electron chi connectivity index (χ2n) is 6.77. The van der Waals surface area contributed by atoms with Gasteiger partial charge in [0.05, 0.1) is 0 Å². The molecule has 1 aromatic rings. The van der Waals surface area contributed by atoms with Crippen LogP contribution in [0.4, 0.5) is 0 Å². The Hall–Kier alpha value is -0.340. The predicted molar refractivity (Wildman–Crippen MR) is 76.9 cm³/mol. The number of aryl methyl sites for hydroxylation is 2. The minimum atomic E-state index is 0.546. The van der Waals surface area contributed by atoms with Crippen molar-refractivity contribution in [3.05, 3.63) is 21.4 Å². The fraction of sp³-hybridized carbons (Fsp3) is 0.750. The standard InChI is InChI=1S/C16H23NS/c1-8-6-13(10(3)18-8)9(2)17-16-14-11-4-5-12(7-11)15(14)16/h6,9,11-12,14-17H,4-5,7H2,1-3H3. The van der Waals surface area contributed by atoms with Gasteiger partial charge in [-0.15, -0.1) is 11.3 Å². The third kappa shape index (κ3) is 1.55. The monoisotopic (exact) mass is 261 g/mol. The summed E-state index contributed by atoms with van der Waals surface area (Å²) in [6, 6.07) is 3.78. The molecule has 1 nitrogen and oxygen atoms in total. The molecule has 0 saturated heterocycles. The van der Waals surface area contributed by atoms with Gasteiger partial charge in [0.15, 0.2) is 0 Å². The Morgan fingerprint density at radius 1 is 1.22 bits per heavy atom. The summed E-state index contributed by atoms with van der Waals surface area (Å²) >= 11 is 1.94. The van der Waals surface area contributed by atoms with E-state index < -0.39 is 0 Å². The Bertz CT molecular complexity index is 461. The molecule has 3 aliphatic carbocycles. The molecule has 5 unspecified atom stereocenters. The van der Waals surface area contributed by atoms with Crippen LogP contribution in [-0.2, 0) is 0 Å². The normalized spacial score (nSPS) is 42.1. The molecule has 0 spiro atoms. The van der Waals surface area contributed by atoms with Crippen LogP contribution in [-0.4, -0.2) is 6.04 Å². The Labute approximate surface area is 114 Å². The smallest absolute Gasteiger partial charge is 0.0305 e. The van der Waals surface area contributed by atoms with E-state index in [0.717, 1.165) is 29.7 Å². The van der Waals surface area contributed by atoms with E-state index in [0.29, 0.717) is 6.04 Å². The first-order valence-corrected chi connectivity index (χ1v) is 8.30. The molecule has 1 N–H and O–H groups in total. The fourth-order valence-corrected chi connectivity index (χ4v) is 6.03. The highest BCUT2D eigenvalue weighted by Gasteiger charge is 2.64. The number of hydrogen-bond donors (Lipinski definition) is 1. The van der Waals surface area contributed by atoms with E-state index in [2.05, 4.69) is 32.2 Å². The van der Waals surface area contributed by atoms with E-state index in [-0.39, 0.29) is 0 Å². The molecule has 5 atom stereocenters. The van der Waals surface area contributed by atoms with Crippen molar-refractivity contribution in [2.24, 2.45) is 23.7 Å². The lowest BCUT2D eigenvalue weighted by molar-refractivity contribution is 0.433. The van der Waals surface area contributed by atoms with E-state index in [4.69, 9.17) is 0 Å². The maximum absolute atomic E-state index is 3.93. The zero-order valence-corrected chi connectivity index (χ0v) is 12.4. The average molecular weight is 261 g/mol. The van der Waals surface area contributed by atoms with E-state index in [1.165, 1.54) is 28.2 Å². The van der Waals surface area contributed by atoms with Gasteiger partial charge in [0.25, 0.3) is 0 Å². The molecule has 2 heteroatoms. The van der Waals surface area contributed by atoms with Gasteiger partial charge >= 0.3 is 0 Å². The molecule has 0 aliphatic heterocycles. The average Bonchev–Trinajstić information content (AvgIpc) is 2.70. The Morgan fingerprint density at radius 2 is 1.89 bits per heavy atom. The van der Waals surface area contributed by atoms with E-state index in [1.807, 2.05) is 11.3 Å². The highest BCUT2D eigenvalue weighted by atomic mass is 32.1. The van der Waals surface area contributed by atoms with Gasteiger partial charge in [0.2, 0.25) is 0 Å². The van der Waals surface area contributed by atoms with Gasteiger partial charge in [-0.05, 0) is 75.3 Å². The zero-order valence-electron chi connectivity index (χ0n) is 11.6. The van der Waals surface area contributed by atoms with Crippen molar-refractivity contribution >= 4 is 11.3 Å². The molecule has 2 bridgehead atoms. The molecule has 3 saturated carbocycles. The van der Waals surface area contributed by atoms with Gasteiger partial charge < -0.3 is 5.32 Å². The number of hydrogen-bond acceptors (Lipinski definition) is 2. The summed E-state index contributed by atoms with van der Waals surface area (Å²) in [5.74, 6) is 4.25. The first-order chi connectivity index (χ1) is 8.65. The van der Waals surface area contributed by atoms with Gasteiger partial charge in [-0.25, -0.2) is 0 Å². The predicted octanol–water partition coefficient (Wildman–Crippen LogP) is 4.06. The number of fused-ring (bicyclic) bond motifs is 5. The first kappa shape index (κ1) is 11.5. The molecule has 98 valence electrons. The third-order valence-corrected chi connectivity index (χ3v) is 6.71. The maximum Gasteiger partial charge on any atom is 0.0305 e. The van der Waals surface area contributed by atoms with Crippen molar-refractivity contribution < 1.29 is 0 Å². The molecule has 1 heterocycles. The van der Waals surface area contributed by atoms with Crippen molar-refractivity contribution in [2.45, 2.75) is 52.1 Å².